The molecule has 28 heavy (non-hydrogen) atoms. The SMILES string of the molecule is Cc1ccc(OC(C)C(=O)Nc2cc(C(N)=O)ccc2N2CCCCC2)cc1. The smallest absolute Gasteiger partial charge is 0.265 e. The average Bonchev–Trinajstić information content (AvgIpc) is 2.70. The maximum absolute atomic E-state index is 12.7. The molecule has 0 aromatic heterocycles. The average molecular weight is 381 g/mol. The zero-order valence-corrected chi connectivity index (χ0v) is 16.4. The van der Waals surface area contributed by atoms with E-state index in [1.54, 1.807) is 19.1 Å². The largest absolute Gasteiger partial charge is 0.481 e. The second-order valence-electron chi connectivity index (χ2n) is 7.21. The molecule has 1 aliphatic heterocycles. The molecule has 1 atom stereocenters. The van der Waals surface area contributed by atoms with Gasteiger partial charge in [0, 0.05) is 18.7 Å². The van der Waals surface area contributed by atoms with E-state index in [0.29, 0.717) is 17.0 Å². The number of nitrogens with one attached hydrogen (secondary N) is 1. The van der Waals surface area contributed by atoms with Crippen LogP contribution in [0.25, 0.3) is 0 Å². The number of ether oxygens (including phenoxy) is 1. The minimum atomic E-state index is -0.686. The Morgan fingerprint density at radius 1 is 1.07 bits per heavy atom. The minimum absolute atomic E-state index is 0.277. The summed E-state index contributed by atoms with van der Waals surface area (Å²) in [5.74, 6) is -0.166. The second-order valence-corrected chi connectivity index (χ2v) is 7.21. The Morgan fingerprint density at radius 2 is 1.75 bits per heavy atom. The molecule has 1 fully saturated rings. The molecule has 1 aliphatic rings. The van der Waals surface area contributed by atoms with E-state index in [-0.39, 0.29) is 5.91 Å². The molecular formula is C22H27N3O3. The zero-order valence-electron chi connectivity index (χ0n) is 16.4. The predicted molar refractivity (Wildman–Crippen MR) is 111 cm³/mol. The summed E-state index contributed by atoms with van der Waals surface area (Å²) >= 11 is 0. The van der Waals surface area contributed by atoms with Crippen LogP contribution in [0.15, 0.2) is 42.5 Å². The number of carbonyl (C=O) groups is 2. The number of nitrogens with zero attached hydrogens (tertiary/aromatic N) is 1. The number of hydrogen-bond donors (Lipinski definition) is 2. The first kappa shape index (κ1) is 19.7. The molecular weight excluding hydrogens is 354 g/mol. The molecule has 1 heterocycles. The van der Waals surface area contributed by atoms with E-state index in [9.17, 15) is 9.59 Å². The van der Waals surface area contributed by atoms with Gasteiger partial charge in [0.15, 0.2) is 6.10 Å². The van der Waals surface area contributed by atoms with E-state index < -0.39 is 12.0 Å². The van der Waals surface area contributed by atoms with E-state index in [1.165, 1.54) is 6.42 Å². The van der Waals surface area contributed by atoms with Crippen molar-refractivity contribution < 1.29 is 14.3 Å². The Bertz CT molecular complexity index is 843. The van der Waals surface area contributed by atoms with Gasteiger partial charge in [-0.25, -0.2) is 0 Å². The van der Waals surface area contributed by atoms with Gasteiger partial charge >= 0.3 is 0 Å². The number of amides is 2. The molecule has 6 heteroatoms. The van der Waals surface area contributed by atoms with Crippen LogP contribution in [0.5, 0.6) is 5.75 Å². The lowest BCUT2D eigenvalue weighted by molar-refractivity contribution is -0.122. The summed E-state index contributed by atoms with van der Waals surface area (Å²) in [6, 6.07) is 12.7. The van der Waals surface area contributed by atoms with Crippen molar-refractivity contribution in [1.82, 2.24) is 0 Å². The highest BCUT2D eigenvalue weighted by Crippen LogP contribution is 2.30. The Hall–Kier alpha value is -3.02. The van der Waals surface area contributed by atoms with Crippen LogP contribution < -0.4 is 20.7 Å². The number of hydrogen-bond acceptors (Lipinski definition) is 4. The van der Waals surface area contributed by atoms with Gasteiger partial charge in [-0.05, 0) is 63.4 Å². The summed E-state index contributed by atoms with van der Waals surface area (Å²) in [5, 5.41) is 2.92. The van der Waals surface area contributed by atoms with Gasteiger partial charge in [-0.15, -0.1) is 0 Å². The molecule has 6 nitrogen and oxygen atoms in total. The number of anilines is 2. The highest BCUT2D eigenvalue weighted by molar-refractivity contribution is 6.00. The van der Waals surface area contributed by atoms with Crippen molar-refractivity contribution in [2.75, 3.05) is 23.3 Å². The van der Waals surface area contributed by atoms with Crippen molar-refractivity contribution in [2.45, 2.75) is 39.2 Å². The normalized spacial score (nSPS) is 15.0. The monoisotopic (exact) mass is 381 g/mol. The highest BCUT2D eigenvalue weighted by atomic mass is 16.5. The maximum Gasteiger partial charge on any atom is 0.265 e. The Morgan fingerprint density at radius 3 is 2.39 bits per heavy atom. The fourth-order valence-corrected chi connectivity index (χ4v) is 3.31. The molecule has 3 N–H and O–H groups in total. The lowest BCUT2D eigenvalue weighted by Crippen LogP contribution is -2.33. The van der Waals surface area contributed by atoms with E-state index in [2.05, 4.69) is 10.2 Å². The zero-order chi connectivity index (χ0) is 20.1. The first-order valence-corrected chi connectivity index (χ1v) is 9.67. The van der Waals surface area contributed by atoms with Crippen LogP contribution in [0.3, 0.4) is 0 Å². The number of carbonyl (C=O) groups excluding carboxylic acids is 2. The summed E-state index contributed by atoms with van der Waals surface area (Å²) in [6.07, 6.45) is 2.74. The fourth-order valence-electron chi connectivity index (χ4n) is 3.31. The van der Waals surface area contributed by atoms with Crippen molar-refractivity contribution in [2.24, 2.45) is 5.73 Å². The molecule has 3 rings (SSSR count). The maximum atomic E-state index is 12.7. The van der Waals surface area contributed by atoms with Gasteiger partial charge < -0.3 is 20.7 Å². The van der Waals surface area contributed by atoms with E-state index in [1.807, 2.05) is 37.3 Å². The molecule has 2 aromatic rings. The first-order valence-electron chi connectivity index (χ1n) is 9.67. The predicted octanol–water partition coefficient (Wildman–Crippen LogP) is 3.49. The molecule has 0 spiro atoms. The van der Waals surface area contributed by atoms with Crippen LogP contribution in [0, 0.1) is 6.92 Å². The third-order valence-electron chi connectivity index (χ3n) is 4.94. The van der Waals surface area contributed by atoms with Gasteiger partial charge in [0.05, 0.1) is 11.4 Å². The van der Waals surface area contributed by atoms with Gasteiger partial charge in [0.25, 0.3) is 5.91 Å². The number of piperidine rings is 1. The standard InChI is InChI=1S/C22H27N3O3/c1-15-6-9-18(10-7-15)28-16(2)22(27)24-19-14-17(21(23)26)8-11-20(19)25-12-4-3-5-13-25/h6-11,14,16H,3-5,12-13H2,1-2H3,(H2,23,26)(H,24,27). The lowest BCUT2D eigenvalue weighted by Gasteiger charge is -2.31. The number of benzene rings is 2. The molecule has 0 aliphatic carbocycles. The molecule has 2 amide bonds. The molecule has 1 saturated heterocycles. The van der Waals surface area contributed by atoms with Crippen molar-refractivity contribution in [3.05, 3.63) is 53.6 Å². The summed E-state index contributed by atoms with van der Waals surface area (Å²) in [7, 11) is 0. The first-order chi connectivity index (χ1) is 13.4. The third-order valence-corrected chi connectivity index (χ3v) is 4.94. The highest BCUT2D eigenvalue weighted by Gasteiger charge is 2.20. The quantitative estimate of drug-likeness (QED) is 0.802. The summed E-state index contributed by atoms with van der Waals surface area (Å²) in [4.78, 5) is 26.6. The second kappa shape index (κ2) is 8.78. The molecule has 1 unspecified atom stereocenters. The number of primary amides is 1. The van der Waals surface area contributed by atoms with Crippen LogP contribution >= 0.6 is 0 Å². The topological polar surface area (TPSA) is 84.7 Å². The van der Waals surface area contributed by atoms with Crippen molar-refractivity contribution in [1.29, 1.82) is 0 Å². The molecule has 0 radical (unpaired) electrons. The number of aryl methyl sites for hydroxylation is 1. The Kier molecular flexibility index (Phi) is 6.19. The lowest BCUT2D eigenvalue weighted by atomic mass is 10.1. The third kappa shape index (κ3) is 4.82. The molecule has 148 valence electrons. The van der Waals surface area contributed by atoms with Crippen LogP contribution in [0.1, 0.15) is 42.1 Å². The van der Waals surface area contributed by atoms with Crippen LogP contribution in [0.2, 0.25) is 0 Å². The van der Waals surface area contributed by atoms with Crippen molar-refractivity contribution >= 4 is 23.2 Å². The van der Waals surface area contributed by atoms with Gasteiger partial charge in [-0.2, -0.15) is 0 Å². The Labute approximate surface area is 165 Å². The van der Waals surface area contributed by atoms with Gasteiger partial charge in [-0.1, -0.05) is 17.7 Å². The molecule has 2 aromatic carbocycles. The number of nitrogens with two attached hydrogens (primary N) is 1. The van der Waals surface area contributed by atoms with Crippen molar-refractivity contribution in [3.8, 4) is 5.75 Å². The number of rotatable bonds is 6. The minimum Gasteiger partial charge on any atom is -0.481 e. The summed E-state index contributed by atoms with van der Waals surface area (Å²) in [5.41, 5.74) is 8.40. The fraction of sp³-hybridized carbons (Fsp3) is 0.364. The Balaban J connectivity index is 1.78. The summed E-state index contributed by atoms with van der Waals surface area (Å²) < 4.78 is 5.75. The van der Waals surface area contributed by atoms with Crippen molar-refractivity contribution in [3.63, 3.8) is 0 Å². The van der Waals surface area contributed by atoms with Crippen LogP contribution in [0.4, 0.5) is 11.4 Å². The van der Waals surface area contributed by atoms with E-state index in [4.69, 9.17) is 10.5 Å². The van der Waals surface area contributed by atoms with Crippen LogP contribution in [-0.2, 0) is 4.79 Å². The van der Waals surface area contributed by atoms with Gasteiger partial charge in [-0.3, -0.25) is 9.59 Å². The van der Waals surface area contributed by atoms with Crippen LogP contribution in [-0.4, -0.2) is 31.0 Å². The van der Waals surface area contributed by atoms with E-state index >= 15 is 0 Å². The van der Waals surface area contributed by atoms with E-state index in [0.717, 1.165) is 37.2 Å². The molecule has 0 bridgehead atoms. The van der Waals surface area contributed by atoms with Gasteiger partial charge in [0.2, 0.25) is 5.91 Å². The summed E-state index contributed by atoms with van der Waals surface area (Å²) in [6.45, 7) is 5.55. The van der Waals surface area contributed by atoms with Gasteiger partial charge in [0.1, 0.15) is 5.75 Å². The molecule has 0 saturated carbocycles.